The lowest BCUT2D eigenvalue weighted by atomic mass is 9.90. The standard InChI is InChI=1S/C8H12NO2P/c10-8(11)6-4-1-2-5(3-4)7(6)9-12/h1-2,4-7,9H,3,12H2,(H,10,11). The van der Waals surface area contributed by atoms with Crippen molar-refractivity contribution in [3.63, 3.8) is 0 Å². The van der Waals surface area contributed by atoms with Gasteiger partial charge in [0.05, 0.1) is 5.92 Å². The van der Waals surface area contributed by atoms with Crippen molar-refractivity contribution < 1.29 is 9.90 Å². The molecule has 0 aromatic rings. The van der Waals surface area contributed by atoms with E-state index in [1.54, 1.807) is 0 Å². The molecular weight excluding hydrogens is 173 g/mol. The summed E-state index contributed by atoms with van der Waals surface area (Å²) < 4.78 is 0. The summed E-state index contributed by atoms with van der Waals surface area (Å²) in [7, 11) is 2.42. The van der Waals surface area contributed by atoms with Crippen LogP contribution in [-0.2, 0) is 4.79 Å². The van der Waals surface area contributed by atoms with Crippen LogP contribution in [0.2, 0.25) is 0 Å². The summed E-state index contributed by atoms with van der Waals surface area (Å²) in [6.45, 7) is 0. The third kappa shape index (κ3) is 1.00. The fraction of sp³-hybridized carbons (Fsp3) is 0.625. The highest BCUT2D eigenvalue weighted by molar-refractivity contribution is 7.13. The van der Waals surface area contributed by atoms with Crippen LogP contribution >= 0.6 is 9.39 Å². The van der Waals surface area contributed by atoms with Gasteiger partial charge in [-0.3, -0.25) is 9.88 Å². The number of rotatable bonds is 2. The van der Waals surface area contributed by atoms with Crippen LogP contribution in [0, 0.1) is 17.8 Å². The molecular formula is C8H12NO2P. The van der Waals surface area contributed by atoms with Crippen molar-refractivity contribution in [1.82, 2.24) is 5.09 Å². The van der Waals surface area contributed by atoms with Crippen LogP contribution < -0.4 is 5.09 Å². The Labute approximate surface area is 73.5 Å². The molecule has 0 saturated heterocycles. The Balaban J connectivity index is 2.23. The first kappa shape index (κ1) is 8.21. The molecule has 5 unspecified atom stereocenters. The van der Waals surface area contributed by atoms with E-state index < -0.39 is 5.97 Å². The predicted octanol–water partition coefficient (Wildman–Crippen LogP) is 0.641. The number of hydrogen-bond donors (Lipinski definition) is 2. The fourth-order valence-corrected chi connectivity index (χ4v) is 2.84. The van der Waals surface area contributed by atoms with E-state index in [2.05, 4.69) is 20.6 Å². The molecule has 0 heterocycles. The van der Waals surface area contributed by atoms with Crippen LogP contribution in [0.3, 0.4) is 0 Å². The summed E-state index contributed by atoms with van der Waals surface area (Å²) in [6.07, 6.45) is 5.18. The van der Waals surface area contributed by atoms with E-state index in [0.717, 1.165) is 6.42 Å². The maximum absolute atomic E-state index is 10.9. The average Bonchev–Trinajstić information content (AvgIpc) is 2.60. The molecule has 66 valence electrons. The minimum atomic E-state index is -0.674. The number of nitrogens with one attached hydrogen (secondary N) is 1. The molecule has 0 aromatic heterocycles. The maximum atomic E-state index is 10.9. The van der Waals surface area contributed by atoms with Crippen molar-refractivity contribution in [2.75, 3.05) is 0 Å². The molecule has 5 atom stereocenters. The molecule has 0 aliphatic heterocycles. The van der Waals surface area contributed by atoms with Gasteiger partial charge in [0.1, 0.15) is 0 Å². The lowest BCUT2D eigenvalue weighted by Gasteiger charge is -2.23. The predicted molar refractivity (Wildman–Crippen MR) is 48.5 cm³/mol. The highest BCUT2D eigenvalue weighted by Gasteiger charge is 2.47. The van der Waals surface area contributed by atoms with Gasteiger partial charge in [-0.2, -0.15) is 0 Å². The van der Waals surface area contributed by atoms with E-state index in [4.69, 9.17) is 5.11 Å². The SMILES string of the molecule is O=C(O)C1C2C=CC(C2)C1NP. The molecule has 2 rings (SSSR count). The number of hydrogen-bond acceptors (Lipinski definition) is 2. The van der Waals surface area contributed by atoms with Crippen molar-refractivity contribution >= 4 is 15.4 Å². The summed E-state index contributed by atoms with van der Waals surface area (Å²) in [5, 5.41) is 12.0. The van der Waals surface area contributed by atoms with Gasteiger partial charge in [0.15, 0.2) is 0 Å². The van der Waals surface area contributed by atoms with Gasteiger partial charge < -0.3 is 5.11 Å². The van der Waals surface area contributed by atoms with Gasteiger partial charge in [-0.05, 0) is 18.3 Å². The first-order valence-corrected chi connectivity index (χ1v) is 4.69. The highest BCUT2D eigenvalue weighted by Crippen LogP contribution is 2.44. The van der Waals surface area contributed by atoms with Crippen molar-refractivity contribution in [2.24, 2.45) is 17.8 Å². The molecule has 0 amide bonds. The monoisotopic (exact) mass is 185 g/mol. The number of carbonyl (C=O) groups is 1. The Morgan fingerprint density at radius 2 is 2.17 bits per heavy atom. The molecule has 3 nitrogen and oxygen atoms in total. The van der Waals surface area contributed by atoms with Crippen LogP contribution in [0.15, 0.2) is 12.2 Å². The van der Waals surface area contributed by atoms with Crippen LogP contribution in [0.4, 0.5) is 0 Å². The average molecular weight is 185 g/mol. The maximum Gasteiger partial charge on any atom is 0.308 e. The molecule has 1 saturated carbocycles. The summed E-state index contributed by atoms with van der Waals surface area (Å²) in [4.78, 5) is 10.9. The molecule has 0 radical (unpaired) electrons. The zero-order chi connectivity index (χ0) is 8.72. The first-order chi connectivity index (χ1) is 5.74. The van der Waals surface area contributed by atoms with Crippen LogP contribution in [0.5, 0.6) is 0 Å². The molecule has 2 N–H and O–H groups in total. The summed E-state index contributed by atoms with van der Waals surface area (Å²) in [5.41, 5.74) is 0. The molecule has 1 fully saturated rings. The summed E-state index contributed by atoms with van der Waals surface area (Å²) in [6, 6.07) is 0.113. The van der Waals surface area contributed by atoms with Crippen molar-refractivity contribution in [3.8, 4) is 0 Å². The van der Waals surface area contributed by atoms with Crippen LogP contribution in [0.1, 0.15) is 6.42 Å². The molecule has 0 aromatic carbocycles. The molecule has 12 heavy (non-hydrogen) atoms. The van der Waals surface area contributed by atoms with E-state index in [1.165, 1.54) is 0 Å². The zero-order valence-electron chi connectivity index (χ0n) is 6.60. The Bertz CT molecular complexity index is 241. The van der Waals surface area contributed by atoms with Gasteiger partial charge in [0, 0.05) is 6.04 Å². The molecule has 4 heteroatoms. The van der Waals surface area contributed by atoms with Gasteiger partial charge in [0.2, 0.25) is 0 Å². The smallest absolute Gasteiger partial charge is 0.308 e. The number of fused-ring (bicyclic) bond motifs is 2. The Hall–Kier alpha value is -0.400. The van der Waals surface area contributed by atoms with E-state index in [-0.39, 0.29) is 17.9 Å². The fourth-order valence-electron chi connectivity index (χ4n) is 2.39. The van der Waals surface area contributed by atoms with Crippen molar-refractivity contribution in [3.05, 3.63) is 12.2 Å². The van der Waals surface area contributed by atoms with Crippen molar-refractivity contribution in [2.45, 2.75) is 12.5 Å². The van der Waals surface area contributed by atoms with Crippen LogP contribution in [-0.4, -0.2) is 17.1 Å². The molecule has 0 spiro atoms. The normalized spacial score (nSPS) is 43.8. The number of aliphatic carboxylic acids is 1. The lowest BCUT2D eigenvalue weighted by Crippen LogP contribution is -2.38. The van der Waals surface area contributed by atoms with E-state index in [9.17, 15) is 4.79 Å². The summed E-state index contributed by atoms with van der Waals surface area (Å²) in [5.74, 6) is -0.219. The summed E-state index contributed by atoms with van der Waals surface area (Å²) >= 11 is 0. The number of carboxylic acids is 1. The van der Waals surface area contributed by atoms with E-state index >= 15 is 0 Å². The Morgan fingerprint density at radius 3 is 2.67 bits per heavy atom. The van der Waals surface area contributed by atoms with Gasteiger partial charge >= 0.3 is 5.97 Å². The van der Waals surface area contributed by atoms with E-state index in [0.29, 0.717) is 5.92 Å². The minimum Gasteiger partial charge on any atom is -0.481 e. The zero-order valence-corrected chi connectivity index (χ0v) is 7.76. The van der Waals surface area contributed by atoms with Gasteiger partial charge in [-0.1, -0.05) is 21.5 Å². The largest absolute Gasteiger partial charge is 0.481 e. The van der Waals surface area contributed by atoms with Gasteiger partial charge in [-0.15, -0.1) is 0 Å². The second kappa shape index (κ2) is 2.82. The van der Waals surface area contributed by atoms with Crippen molar-refractivity contribution in [1.29, 1.82) is 0 Å². The van der Waals surface area contributed by atoms with Crippen LogP contribution in [0.25, 0.3) is 0 Å². The molecule has 2 bridgehead atoms. The molecule has 2 aliphatic carbocycles. The Morgan fingerprint density at radius 1 is 1.50 bits per heavy atom. The first-order valence-electron chi connectivity index (χ1n) is 4.11. The van der Waals surface area contributed by atoms with E-state index in [1.807, 2.05) is 6.08 Å². The third-order valence-corrected chi connectivity index (χ3v) is 3.32. The highest BCUT2D eigenvalue weighted by atomic mass is 31.0. The lowest BCUT2D eigenvalue weighted by molar-refractivity contribution is -0.143. The Kier molecular flexibility index (Phi) is 1.93. The second-order valence-corrected chi connectivity index (χ2v) is 3.84. The van der Waals surface area contributed by atoms with Gasteiger partial charge in [0.25, 0.3) is 0 Å². The minimum absolute atomic E-state index is 0.113. The topological polar surface area (TPSA) is 49.3 Å². The third-order valence-electron chi connectivity index (χ3n) is 2.94. The molecule has 2 aliphatic rings. The quantitative estimate of drug-likeness (QED) is 0.490. The van der Waals surface area contributed by atoms with Gasteiger partial charge in [-0.25, -0.2) is 0 Å². The number of allylic oxidation sites excluding steroid dienone is 1. The second-order valence-electron chi connectivity index (χ2n) is 3.50. The number of carboxylic acid groups (broad SMARTS) is 1.